The summed E-state index contributed by atoms with van der Waals surface area (Å²) in [4.78, 5) is 25.7. The van der Waals surface area contributed by atoms with Crippen LogP contribution >= 0.6 is 23.2 Å². The summed E-state index contributed by atoms with van der Waals surface area (Å²) in [6.07, 6.45) is 0.136. The fraction of sp³-hybridized carbons (Fsp3) is 0.263. The summed E-state index contributed by atoms with van der Waals surface area (Å²) in [5.41, 5.74) is 1.33. The third-order valence-corrected chi connectivity index (χ3v) is 4.38. The van der Waals surface area contributed by atoms with E-state index in [0.717, 1.165) is 5.56 Å². The highest BCUT2D eigenvalue weighted by Crippen LogP contribution is 2.25. The average molecular weight is 395 g/mol. The normalized spacial score (nSPS) is 10.3. The molecule has 0 spiro atoms. The number of benzene rings is 2. The molecule has 0 saturated carbocycles. The maximum atomic E-state index is 12.2. The molecule has 0 unspecified atom stereocenters. The molecule has 2 aromatic rings. The van der Waals surface area contributed by atoms with E-state index in [0.29, 0.717) is 28.0 Å². The molecule has 5 nitrogen and oxygen atoms in total. The first kappa shape index (κ1) is 20.1. The first-order valence-corrected chi connectivity index (χ1v) is 8.78. The van der Waals surface area contributed by atoms with Gasteiger partial charge in [0.1, 0.15) is 5.75 Å². The minimum atomic E-state index is -0.250. The lowest BCUT2D eigenvalue weighted by Crippen LogP contribution is -2.31. The molecule has 0 saturated heterocycles. The van der Waals surface area contributed by atoms with Gasteiger partial charge in [-0.1, -0.05) is 41.4 Å². The smallest absolute Gasteiger partial charge is 0.226 e. The maximum Gasteiger partial charge on any atom is 0.226 e. The largest absolute Gasteiger partial charge is 0.496 e. The molecular weight excluding hydrogens is 375 g/mol. The predicted octanol–water partition coefficient (Wildman–Crippen LogP) is 4.38. The van der Waals surface area contributed by atoms with Crippen molar-refractivity contribution in [1.82, 2.24) is 4.90 Å². The number of hydrogen-bond donors (Lipinski definition) is 1. The third-order valence-electron chi connectivity index (χ3n) is 3.81. The first-order chi connectivity index (χ1) is 12.4. The lowest BCUT2D eigenvalue weighted by atomic mass is 10.2. The van der Waals surface area contributed by atoms with Gasteiger partial charge in [-0.15, -0.1) is 0 Å². The highest BCUT2D eigenvalue weighted by Gasteiger charge is 2.15. The quantitative estimate of drug-likeness (QED) is 0.757. The van der Waals surface area contributed by atoms with E-state index in [1.54, 1.807) is 30.2 Å². The summed E-state index contributed by atoms with van der Waals surface area (Å²) >= 11 is 12.0. The topological polar surface area (TPSA) is 58.6 Å². The van der Waals surface area contributed by atoms with Gasteiger partial charge in [0.15, 0.2) is 0 Å². The van der Waals surface area contributed by atoms with Crippen LogP contribution < -0.4 is 10.1 Å². The van der Waals surface area contributed by atoms with E-state index >= 15 is 0 Å². The molecular formula is C19H20Cl2N2O3. The van der Waals surface area contributed by atoms with Crippen LogP contribution in [-0.4, -0.2) is 30.4 Å². The van der Waals surface area contributed by atoms with Gasteiger partial charge >= 0.3 is 0 Å². The first-order valence-electron chi connectivity index (χ1n) is 8.03. The van der Waals surface area contributed by atoms with Crippen LogP contribution in [0.4, 0.5) is 5.69 Å². The van der Waals surface area contributed by atoms with E-state index in [1.807, 2.05) is 24.3 Å². The minimum Gasteiger partial charge on any atom is -0.496 e. The van der Waals surface area contributed by atoms with Crippen LogP contribution in [0.5, 0.6) is 5.75 Å². The van der Waals surface area contributed by atoms with Gasteiger partial charge in [-0.05, 0) is 24.3 Å². The molecule has 0 aromatic heterocycles. The molecule has 7 heteroatoms. The highest BCUT2D eigenvalue weighted by molar-refractivity contribution is 6.35. The van der Waals surface area contributed by atoms with E-state index in [9.17, 15) is 9.59 Å². The number of nitrogens with zero attached hydrogens (tertiary/aromatic N) is 1. The van der Waals surface area contributed by atoms with Crippen LogP contribution in [0.1, 0.15) is 18.9 Å². The van der Waals surface area contributed by atoms with Crippen LogP contribution in [0.25, 0.3) is 0 Å². The molecule has 1 N–H and O–H groups in total. The lowest BCUT2D eigenvalue weighted by Gasteiger charge is -2.22. The van der Waals surface area contributed by atoms with Crippen LogP contribution in [-0.2, 0) is 16.1 Å². The number of rotatable bonds is 7. The summed E-state index contributed by atoms with van der Waals surface area (Å²) in [6.45, 7) is 2.11. The average Bonchev–Trinajstić information content (AvgIpc) is 2.61. The Kier molecular flexibility index (Phi) is 7.30. The van der Waals surface area contributed by atoms with Crippen molar-refractivity contribution in [2.24, 2.45) is 0 Å². The number of halogens is 2. The molecule has 0 heterocycles. The van der Waals surface area contributed by atoms with E-state index < -0.39 is 0 Å². The van der Waals surface area contributed by atoms with Crippen molar-refractivity contribution in [3.63, 3.8) is 0 Å². The van der Waals surface area contributed by atoms with Gasteiger partial charge in [0.05, 0.1) is 17.8 Å². The molecule has 0 atom stereocenters. The van der Waals surface area contributed by atoms with E-state index in [1.165, 1.54) is 6.92 Å². The zero-order valence-electron chi connectivity index (χ0n) is 14.6. The number of para-hydroxylation sites is 1. The Balaban J connectivity index is 1.98. The Labute approximate surface area is 162 Å². The molecule has 0 radical (unpaired) electrons. The molecule has 0 bridgehead atoms. The molecule has 0 fully saturated rings. The van der Waals surface area contributed by atoms with Gasteiger partial charge in [-0.3, -0.25) is 9.59 Å². The van der Waals surface area contributed by atoms with Crippen molar-refractivity contribution in [3.05, 3.63) is 58.1 Å². The van der Waals surface area contributed by atoms with E-state index in [-0.39, 0.29) is 24.8 Å². The molecule has 0 aliphatic rings. The maximum absolute atomic E-state index is 12.2. The van der Waals surface area contributed by atoms with Gasteiger partial charge in [-0.2, -0.15) is 0 Å². The Bertz CT molecular complexity index is 796. The van der Waals surface area contributed by atoms with Gasteiger partial charge in [-0.25, -0.2) is 0 Å². The fourth-order valence-corrected chi connectivity index (χ4v) is 2.77. The number of carbonyl (C=O) groups is 2. The molecule has 0 aliphatic heterocycles. The Hall–Kier alpha value is -2.24. The lowest BCUT2D eigenvalue weighted by molar-refractivity contribution is -0.129. The molecule has 138 valence electrons. The summed E-state index contributed by atoms with van der Waals surface area (Å²) < 4.78 is 5.31. The molecule has 26 heavy (non-hydrogen) atoms. The zero-order valence-corrected chi connectivity index (χ0v) is 16.1. The second kappa shape index (κ2) is 9.46. The Morgan fingerprint density at radius 1 is 1.15 bits per heavy atom. The number of methoxy groups -OCH3 is 1. The molecule has 2 rings (SSSR count). The van der Waals surface area contributed by atoms with Crippen molar-refractivity contribution >= 4 is 40.7 Å². The number of carbonyl (C=O) groups excluding carboxylic acids is 2. The zero-order chi connectivity index (χ0) is 19.1. The number of ether oxygens (including phenoxy) is 1. The summed E-state index contributed by atoms with van der Waals surface area (Å²) in [5.74, 6) is 0.332. The van der Waals surface area contributed by atoms with Crippen molar-refractivity contribution in [1.29, 1.82) is 0 Å². The number of nitrogens with one attached hydrogen (secondary N) is 1. The van der Waals surface area contributed by atoms with Crippen molar-refractivity contribution in [3.8, 4) is 5.75 Å². The standard InChI is InChI=1S/C19H20Cl2N2O3/c1-13(24)23(12-14-5-3-4-6-18(14)26-2)10-9-19(25)22-17-11-15(20)7-8-16(17)21/h3-8,11H,9-10,12H2,1-2H3,(H,22,25). The molecule has 2 aromatic carbocycles. The van der Waals surface area contributed by atoms with Gasteiger partial charge < -0.3 is 15.0 Å². The monoisotopic (exact) mass is 394 g/mol. The number of anilines is 1. The second-order valence-electron chi connectivity index (χ2n) is 5.67. The SMILES string of the molecule is COc1ccccc1CN(CCC(=O)Nc1cc(Cl)ccc1Cl)C(C)=O. The number of amides is 2. The van der Waals surface area contributed by atoms with Crippen molar-refractivity contribution in [2.75, 3.05) is 19.0 Å². The predicted molar refractivity (Wildman–Crippen MR) is 104 cm³/mol. The van der Waals surface area contributed by atoms with E-state index in [2.05, 4.69) is 5.32 Å². The third kappa shape index (κ3) is 5.64. The summed E-state index contributed by atoms with van der Waals surface area (Å²) in [5, 5.41) is 3.59. The van der Waals surface area contributed by atoms with Crippen LogP contribution in [0.3, 0.4) is 0 Å². The Morgan fingerprint density at radius 2 is 1.88 bits per heavy atom. The van der Waals surface area contributed by atoms with Crippen LogP contribution in [0.15, 0.2) is 42.5 Å². The molecule has 2 amide bonds. The second-order valence-corrected chi connectivity index (χ2v) is 6.52. The fourth-order valence-electron chi connectivity index (χ4n) is 2.43. The van der Waals surface area contributed by atoms with Crippen LogP contribution in [0.2, 0.25) is 10.0 Å². The molecule has 0 aliphatic carbocycles. The van der Waals surface area contributed by atoms with Gasteiger partial charge in [0, 0.05) is 37.0 Å². The Morgan fingerprint density at radius 3 is 2.58 bits per heavy atom. The van der Waals surface area contributed by atoms with Gasteiger partial charge in [0.2, 0.25) is 11.8 Å². The summed E-state index contributed by atoms with van der Waals surface area (Å²) in [6, 6.07) is 12.3. The van der Waals surface area contributed by atoms with E-state index in [4.69, 9.17) is 27.9 Å². The van der Waals surface area contributed by atoms with Gasteiger partial charge in [0.25, 0.3) is 0 Å². The number of hydrogen-bond acceptors (Lipinski definition) is 3. The van der Waals surface area contributed by atoms with Crippen LogP contribution in [0, 0.1) is 0 Å². The van der Waals surface area contributed by atoms with Crippen molar-refractivity contribution < 1.29 is 14.3 Å². The minimum absolute atomic E-state index is 0.121. The summed E-state index contributed by atoms with van der Waals surface area (Å²) in [7, 11) is 1.58. The van der Waals surface area contributed by atoms with Crippen molar-refractivity contribution in [2.45, 2.75) is 19.9 Å². The highest BCUT2D eigenvalue weighted by atomic mass is 35.5.